The van der Waals surface area contributed by atoms with Gasteiger partial charge in [-0.05, 0) is 38.1 Å². The summed E-state index contributed by atoms with van der Waals surface area (Å²) in [7, 11) is 0. The number of amides is 2. The van der Waals surface area contributed by atoms with Gasteiger partial charge < -0.3 is 15.1 Å². The second-order valence-electron chi connectivity index (χ2n) is 6.08. The van der Waals surface area contributed by atoms with E-state index in [4.69, 9.17) is 0 Å². The molecule has 2 amide bonds. The summed E-state index contributed by atoms with van der Waals surface area (Å²) < 4.78 is 0. The third-order valence-corrected chi connectivity index (χ3v) is 5.79. The molecule has 1 N–H and O–H groups in total. The van der Waals surface area contributed by atoms with E-state index < -0.39 is 0 Å². The maximum atomic E-state index is 12.2. The third-order valence-electron chi connectivity index (χ3n) is 4.45. The number of para-hydroxylation sites is 1. The average Bonchev–Trinajstić information content (AvgIpc) is 2.78. The van der Waals surface area contributed by atoms with Gasteiger partial charge in [-0.15, -0.1) is 11.8 Å². The highest BCUT2D eigenvalue weighted by atomic mass is 32.2. The van der Waals surface area contributed by atoms with Crippen LogP contribution in [0.25, 0.3) is 0 Å². The molecule has 1 aromatic rings. The fraction of sp³-hybridized carbons (Fsp3) is 0.529. The molecular weight excluding hydrogens is 310 g/mol. The number of anilines is 1. The summed E-state index contributed by atoms with van der Waals surface area (Å²) in [5.74, 6) is 0.263. The van der Waals surface area contributed by atoms with Crippen molar-refractivity contribution in [3.8, 4) is 0 Å². The molecule has 2 aliphatic rings. The van der Waals surface area contributed by atoms with Crippen molar-refractivity contribution in [1.82, 2.24) is 9.80 Å². The molecule has 2 aliphatic heterocycles. The minimum Gasteiger partial charge on any atom is -0.342 e. The van der Waals surface area contributed by atoms with Crippen LogP contribution in [-0.4, -0.2) is 59.6 Å². The van der Waals surface area contributed by atoms with Crippen LogP contribution in [0.1, 0.15) is 19.8 Å². The molecule has 23 heavy (non-hydrogen) atoms. The van der Waals surface area contributed by atoms with Crippen LogP contribution in [0.5, 0.6) is 0 Å². The molecule has 5 nitrogen and oxygen atoms in total. The fourth-order valence-corrected chi connectivity index (χ4v) is 4.19. The van der Waals surface area contributed by atoms with Crippen LogP contribution < -0.4 is 5.32 Å². The average molecular weight is 333 g/mol. The van der Waals surface area contributed by atoms with Crippen molar-refractivity contribution in [3.63, 3.8) is 0 Å². The van der Waals surface area contributed by atoms with Crippen LogP contribution in [0.15, 0.2) is 29.2 Å². The lowest BCUT2D eigenvalue weighted by Crippen LogP contribution is -2.36. The van der Waals surface area contributed by atoms with Crippen molar-refractivity contribution >= 4 is 29.3 Å². The first-order chi connectivity index (χ1) is 11.1. The fourth-order valence-electron chi connectivity index (χ4n) is 3.09. The number of rotatable bonds is 3. The first-order valence-corrected chi connectivity index (χ1v) is 9.06. The van der Waals surface area contributed by atoms with E-state index in [0.717, 1.165) is 56.1 Å². The zero-order chi connectivity index (χ0) is 16.2. The van der Waals surface area contributed by atoms with Crippen molar-refractivity contribution < 1.29 is 9.59 Å². The summed E-state index contributed by atoms with van der Waals surface area (Å²) in [6.45, 7) is 6.07. The number of thioether (sulfide) groups is 1. The maximum Gasteiger partial charge on any atom is 0.237 e. The summed E-state index contributed by atoms with van der Waals surface area (Å²) in [6, 6.07) is 7.95. The second kappa shape index (κ2) is 7.36. The van der Waals surface area contributed by atoms with E-state index in [1.54, 1.807) is 18.7 Å². The summed E-state index contributed by atoms with van der Waals surface area (Å²) in [4.78, 5) is 29.1. The van der Waals surface area contributed by atoms with Crippen LogP contribution in [0.3, 0.4) is 0 Å². The monoisotopic (exact) mass is 333 g/mol. The van der Waals surface area contributed by atoms with Gasteiger partial charge >= 0.3 is 0 Å². The molecule has 6 heteroatoms. The smallest absolute Gasteiger partial charge is 0.237 e. The van der Waals surface area contributed by atoms with Crippen molar-refractivity contribution in [1.29, 1.82) is 0 Å². The molecule has 0 spiro atoms. The maximum absolute atomic E-state index is 12.2. The number of hydrogen-bond acceptors (Lipinski definition) is 4. The topological polar surface area (TPSA) is 52.7 Å². The SMILES string of the molecule is CC(=O)N1CCCN(CC[C@@H]2Sc3ccccc3NC2=O)CC1. The van der Waals surface area contributed by atoms with Gasteiger partial charge in [-0.1, -0.05) is 12.1 Å². The van der Waals surface area contributed by atoms with Gasteiger partial charge in [-0.2, -0.15) is 0 Å². The van der Waals surface area contributed by atoms with Gasteiger partial charge in [-0.3, -0.25) is 9.59 Å². The first-order valence-electron chi connectivity index (χ1n) is 8.18. The number of carbonyl (C=O) groups is 2. The Morgan fingerprint density at radius 3 is 2.91 bits per heavy atom. The molecule has 0 aromatic heterocycles. The highest BCUT2D eigenvalue weighted by Gasteiger charge is 2.27. The van der Waals surface area contributed by atoms with E-state index in [2.05, 4.69) is 16.3 Å². The number of nitrogens with one attached hydrogen (secondary N) is 1. The van der Waals surface area contributed by atoms with Crippen LogP contribution in [0.4, 0.5) is 5.69 Å². The van der Waals surface area contributed by atoms with Gasteiger partial charge in [0.2, 0.25) is 11.8 Å². The number of benzene rings is 1. The summed E-state index contributed by atoms with van der Waals surface area (Å²) in [5.41, 5.74) is 0.922. The van der Waals surface area contributed by atoms with Crippen LogP contribution in [0, 0.1) is 0 Å². The summed E-state index contributed by atoms with van der Waals surface area (Å²) in [6.07, 6.45) is 1.84. The number of fused-ring (bicyclic) bond motifs is 1. The molecule has 0 saturated carbocycles. The van der Waals surface area contributed by atoms with Crippen molar-refractivity contribution in [2.45, 2.75) is 29.9 Å². The van der Waals surface area contributed by atoms with Crippen molar-refractivity contribution in [3.05, 3.63) is 24.3 Å². The van der Waals surface area contributed by atoms with Crippen LogP contribution in [0.2, 0.25) is 0 Å². The standard InChI is InChI=1S/C17H23N3O2S/c1-13(21)20-9-4-8-19(11-12-20)10-7-16-17(22)18-14-5-2-3-6-15(14)23-16/h2-3,5-6,16H,4,7-12H2,1H3,(H,18,22)/t16-/m0/s1. The highest BCUT2D eigenvalue weighted by Crippen LogP contribution is 2.36. The Labute approximate surface area is 141 Å². The van der Waals surface area contributed by atoms with E-state index in [-0.39, 0.29) is 17.1 Å². The summed E-state index contributed by atoms with van der Waals surface area (Å²) >= 11 is 1.66. The minimum atomic E-state index is -0.0305. The Morgan fingerprint density at radius 2 is 2.09 bits per heavy atom. The lowest BCUT2D eigenvalue weighted by Gasteiger charge is -2.27. The quantitative estimate of drug-likeness (QED) is 0.920. The van der Waals surface area contributed by atoms with Gasteiger partial charge in [-0.25, -0.2) is 0 Å². The molecule has 1 aromatic carbocycles. The Bertz CT molecular complexity index is 593. The number of nitrogens with zero attached hydrogens (tertiary/aromatic N) is 2. The Hall–Kier alpha value is -1.53. The summed E-state index contributed by atoms with van der Waals surface area (Å²) in [5, 5.41) is 2.97. The second-order valence-corrected chi connectivity index (χ2v) is 7.33. The van der Waals surface area contributed by atoms with Crippen LogP contribution >= 0.6 is 11.8 Å². The molecule has 1 atom stereocenters. The number of carbonyl (C=O) groups excluding carboxylic acids is 2. The zero-order valence-corrected chi connectivity index (χ0v) is 14.3. The largest absolute Gasteiger partial charge is 0.342 e. The van der Waals surface area contributed by atoms with Crippen LogP contribution in [-0.2, 0) is 9.59 Å². The van der Waals surface area contributed by atoms with E-state index in [1.165, 1.54) is 0 Å². The van der Waals surface area contributed by atoms with Crippen molar-refractivity contribution in [2.24, 2.45) is 0 Å². The Balaban J connectivity index is 1.53. The molecule has 3 rings (SSSR count). The predicted molar refractivity (Wildman–Crippen MR) is 92.6 cm³/mol. The van der Waals surface area contributed by atoms with Gasteiger partial charge in [0, 0.05) is 31.5 Å². The molecule has 1 fully saturated rings. The Kier molecular flexibility index (Phi) is 5.23. The zero-order valence-electron chi connectivity index (χ0n) is 13.5. The third kappa shape index (κ3) is 4.06. The molecular formula is C17H23N3O2S. The molecule has 2 heterocycles. The van der Waals surface area contributed by atoms with Gasteiger partial charge in [0.1, 0.15) is 0 Å². The van der Waals surface area contributed by atoms with Gasteiger partial charge in [0.15, 0.2) is 0 Å². The molecule has 0 unspecified atom stereocenters. The van der Waals surface area contributed by atoms with E-state index in [0.29, 0.717) is 0 Å². The predicted octanol–water partition coefficient (Wildman–Crippen LogP) is 2.04. The lowest BCUT2D eigenvalue weighted by atomic mass is 10.2. The van der Waals surface area contributed by atoms with E-state index in [1.807, 2.05) is 23.1 Å². The lowest BCUT2D eigenvalue weighted by molar-refractivity contribution is -0.128. The molecule has 1 saturated heterocycles. The molecule has 124 valence electrons. The van der Waals surface area contributed by atoms with E-state index in [9.17, 15) is 9.59 Å². The number of hydrogen-bond donors (Lipinski definition) is 1. The molecule has 0 aliphatic carbocycles. The molecule has 0 bridgehead atoms. The van der Waals surface area contributed by atoms with Crippen molar-refractivity contribution in [2.75, 3.05) is 38.0 Å². The minimum absolute atomic E-state index is 0.0305. The van der Waals surface area contributed by atoms with Gasteiger partial charge in [0.25, 0.3) is 0 Å². The first kappa shape index (κ1) is 16.3. The normalized spacial score (nSPS) is 22.2. The van der Waals surface area contributed by atoms with Gasteiger partial charge in [0.05, 0.1) is 10.9 Å². The molecule has 0 radical (unpaired) electrons. The highest BCUT2D eigenvalue weighted by molar-refractivity contribution is 8.01. The Morgan fingerprint density at radius 1 is 1.26 bits per heavy atom. The van der Waals surface area contributed by atoms with E-state index >= 15 is 0 Å².